The van der Waals surface area contributed by atoms with Gasteiger partial charge in [-0.3, -0.25) is 9.59 Å². The van der Waals surface area contributed by atoms with Crippen LogP contribution in [0, 0.1) is 17.8 Å². The number of hydrazone groups is 1. The monoisotopic (exact) mass is 356 g/mol. The van der Waals surface area contributed by atoms with Crippen LogP contribution in [0.5, 0.6) is 0 Å². The Morgan fingerprint density at radius 3 is 2.48 bits per heavy atom. The van der Waals surface area contributed by atoms with E-state index in [1.165, 1.54) is 13.3 Å². The maximum atomic E-state index is 12.2. The molecule has 0 aliphatic heterocycles. The van der Waals surface area contributed by atoms with Crippen LogP contribution in [0.15, 0.2) is 5.10 Å². The fourth-order valence-corrected chi connectivity index (χ4v) is 3.90. The second kappa shape index (κ2) is 10.2. The fraction of sp³-hybridized carbons (Fsp3) is 0.824. The molecule has 0 unspecified atom stereocenters. The standard InChI is InChI=1S/C17H32N4O4/c1-5-11(6-2)15(21-10(4)22)14-13(19-9-20-18)8-12(16(14)23)17(24)25-7-3/h9,11-16,23H,5-8,18H2,1-4H3,(H,19,20)(H,21,22)/t12-,13+,14+,15-,16+/m0/s1. The summed E-state index contributed by atoms with van der Waals surface area (Å²) in [7, 11) is 0. The first kappa shape index (κ1) is 21.2. The van der Waals surface area contributed by atoms with Crippen molar-refractivity contribution in [3.8, 4) is 0 Å². The molecular weight excluding hydrogens is 324 g/mol. The SMILES string of the molecule is CCOC(=O)[C@H]1C[C@@H](NC=NN)[C@H]([C@@H](NC(C)=O)C(CC)CC)[C@@H]1O. The number of aliphatic hydroxyl groups excluding tert-OH is 1. The largest absolute Gasteiger partial charge is 0.466 e. The van der Waals surface area contributed by atoms with Crippen molar-refractivity contribution < 1.29 is 19.4 Å². The predicted molar refractivity (Wildman–Crippen MR) is 95.5 cm³/mol. The van der Waals surface area contributed by atoms with E-state index in [1.807, 2.05) is 0 Å². The van der Waals surface area contributed by atoms with Crippen molar-refractivity contribution in [1.82, 2.24) is 10.6 Å². The number of rotatable bonds is 9. The van der Waals surface area contributed by atoms with Gasteiger partial charge in [-0.15, -0.1) is 0 Å². The molecular formula is C17H32N4O4. The van der Waals surface area contributed by atoms with Crippen LogP contribution in [0.1, 0.15) is 47.0 Å². The number of carbonyl (C=O) groups excluding carboxylic acids is 2. The van der Waals surface area contributed by atoms with E-state index >= 15 is 0 Å². The van der Waals surface area contributed by atoms with Gasteiger partial charge < -0.3 is 26.3 Å². The van der Waals surface area contributed by atoms with Gasteiger partial charge in [0.05, 0.1) is 18.6 Å². The molecule has 0 spiro atoms. The molecule has 0 aromatic heterocycles. The molecule has 1 rings (SSSR count). The number of nitrogens with zero attached hydrogens (tertiary/aromatic N) is 1. The minimum absolute atomic E-state index is 0.157. The zero-order valence-electron chi connectivity index (χ0n) is 15.6. The van der Waals surface area contributed by atoms with E-state index in [0.29, 0.717) is 6.42 Å². The van der Waals surface area contributed by atoms with Gasteiger partial charge in [-0.05, 0) is 19.3 Å². The van der Waals surface area contributed by atoms with Crippen molar-refractivity contribution in [2.24, 2.45) is 28.7 Å². The number of ether oxygens (including phenoxy) is 1. The normalized spacial score (nSPS) is 27.4. The van der Waals surface area contributed by atoms with E-state index < -0.39 is 18.0 Å². The first-order valence-electron chi connectivity index (χ1n) is 9.00. The first-order valence-corrected chi connectivity index (χ1v) is 9.00. The van der Waals surface area contributed by atoms with Gasteiger partial charge in [0, 0.05) is 24.9 Å². The van der Waals surface area contributed by atoms with Gasteiger partial charge in [0.1, 0.15) is 6.34 Å². The van der Waals surface area contributed by atoms with Crippen molar-refractivity contribution in [2.45, 2.75) is 65.1 Å². The van der Waals surface area contributed by atoms with Gasteiger partial charge in [0.15, 0.2) is 0 Å². The maximum Gasteiger partial charge on any atom is 0.311 e. The van der Waals surface area contributed by atoms with Gasteiger partial charge in [-0.2, -0.15) is 5.10 Å². The third-order valence-corrected chi connectivity index (χ3v) is 5.07. The molecule has 0 heterocycles. The Bertz CT molecular complexity index is 468. The van der Waals surface area contributed by atoms with Gasteiger partial charge in [0.2, 0.25) is 5.91 Å². The Hall–Kier alpha value is -1.83. The molecule has 1 aliphatic rings. The average molecular weight is 356 g/mol. The Labute approximate surface area is 149 Å². The van der Waals surface area contributed by atoms with Gasteiger partial charge >= 0.3 is 5.97 Å². The Morgan fingerprint density at radius 2 is 2.00 bits per heavy atom. The highest BCUT2D eigenvalue weighted by Gasteiger charge is 2.50. The topological polar surface area (TPSA) is 126 Å². The number of carbonyl (C=O) groups is 2. The molecule has 5 N–H and O–H groups in total. The van der Waals surface area contributed by atoms with E-state index in [0.717, 1.165) is 12.8 Å². The van der Waals surface area contributed by atoms with Crippen LogP contribution < -0.4 is 16.5 Å². The summed E-state index contributed by atoms with van der Waals surface area (Å²) in [4.78, 5) is 24.0. The number of nitrogens with one attached hydrogen (secondary N) is 2. The summed E-state index contributed by atoms with van der Waals surface area (Å²) in [5.41, 5.74) is 0. The van der Waals surface area contributed by atoms with E-state index in [4.69, 9.17) is 10.6 Å². The van der Waals surface area contributed by atoms with Crippen molar-refractivity contribution in [3.63, 3.8) is 0 Å². The highest BCUT2D eigenvalue weighted by molar-refractivity contribution is 5.75. The molecule has 1 amide bonds. The van der Waals surface area contributed by atoms with E-state index in [9.17, 15) is 14.7 Å². The first-order chi connectivity index (χ1) is 11.9. The van der Waals surface area contributed by atoms with Crippen molar-refractivity contribution in [2.75, 3.05) is 6.61 Å². The lowest BCUT2D eigenvalue weighted by atomic mass is 9.80. The number of nitrogens with two attached hydrogens (primary N) is 1. The molecule has 0 aromatic carbocycles. The number of hydrogen-bond donors (Lipinski definition) is 4. The lowest BCUT2D eigenvalue weighted by Gasteiger charge is -2.36. The molecule has 0 bridgehead atoms. The Morgan fingerprint density at radius 1 is 1.36 bits per heavy atom. The maximum absolute atomic E-state index is 12.2. The second-order valence-corrected chi connectivity index (χ2v) is 6.52. The average Bonchev–Trinajstić information content (AvgIpc) is 2.89. The summed E-state index contributed by atoms with van der Waals surface area (Å²) in [6.45, 7) is 7.56. The van der Waals surface area contributed by atoms with Gasteiger partial charge in [0.25, 0.3) is 0 Å². The zero-order valence-corrected chi connectivity index (χ0v) is 15.6. The Kier molecular flexibility index (Phi) is 8.68. The third kappa shape index (κ3) is 5.32. The fourth-order valence-electron chi connectivity index (χ4n) is 3.90. The van der Waals surface area contributed by atoms with Crippen LogP contribution in [-0.2, 0) is 14.3 Å². The third-order valence-electron chi connectivity index (χ3n) is 5.07. The molecule has 8 nitrogen and oxygen atoms in total. The van der Waals surface area contributed by atoms with Crippen LogP contribution in [0.4, 0.5) is 0 Å². The van der Waals surface area contributed by atoms with Crippen LogP contribution in [0.2, 0.25) is 0 Å². The highest BCUT2D eigenvalue weighted by atomic mass is 16.5. The van der Waals surface area contributed by atoms with Crippen LogP contribution in [0.3, 0.4) is 0 Å². The van der Waals surface area contributed by atoms with E-state index in [-0.39, 0.29) is 36.4 Å². The van der Waals surface area contributed by atoms with Crippen LogP contribution in [0.25, 0.3) is 0 Å². The summed E-state index contributed by atoms with van der Waals surface area (Å²) >= 11 is 0. The smallest absolute Gasteiger partial charge is 0.311 e. The number of amides is 1. The van der Waals surface area contributed by atoms with Crippen molar-refractivity contribution in [3.05, 3.63) is 0 Å². The molecule has 1 saturated carbocycles. The molecule has 144 valence electrons. The molecule has 8 heteroatoms. The lowest BCUT2D eigenvalue weighted by Crippen LogP contribution is -2.53. The molecule has 25 heavy (non-hydrogen) atoms. The minimum atomic E-state index is -0.917. The molecule has 1 fully saturated rings. The molecule has 5 atom stereocenters. The summed E-state index contributed by atoms with van der Waals surface area (Å²) in [6.07, 6.45) is 2.54. The summed E-state index contributed by atoms with van der Waals surface area (Å²) < 4.78 is 5.10. The number of aliphatic hydroxyl groups is 1. The van der Waals surface area contributed by atoms with Crippen LogP contribution >= 0.6 is 0 Å². The van der Waals surface area contributed by atoms with E-state index in [2.05, 4.69) is 29.6 Å². The van der Waals surface area contributed by atoms with E-state index in [1.54, 1.807) is 6.92 Å². The predicted octanol–water partition coefficient (Wildman–Crippen LogP) is 0.348. The zero-order chi connectivity index (χ0) is 19.0. The summed E-state index contributed by atoms with van der Waals surface area (Å²) in [5.74, 6) is 3.81. The second-order valence-electron chi connectivity index (χ2n) is 6.52. The number of esters is 1. The lowest BCUT2D eigenvalue weighted by molar-refractivity contribution is -0.151. The summed E-state index contributed by atoms with van der Waals surface area (Å²) in [6, 6.07) is -0.500. The molecule has 0 aromatic rings. The van der Waals surface area contributed by atoms with Gasteiger partial charge in [-0.1, -0.05) is 26.7 Å². The Balaban J connectivity index is 3.15. The minimum Gasteiger partial charge on any atom is -0.466 e. The molecule has 0 saturated heterocycles. The van der Waals surface area contributed by atoms with Crippen molar-refractivity contribution >= 4 is 18.2 Å². The number of hydrogen-bond acceptors (Lipinski definition) is 6. The molecule has 1 aliphatic carbocycles. The van der Waals surface area contributed by atoms with Crippen LogP contribution in [-0.4, -0.2) is 48.1 Å². The highest BCUT2D eigenvalue weighted by Crippen LogP contribution is 2.38. The quantitative estimate of drug-likeness (QED) is 0.155. The molecule has 0 radical (unpaired) electrons. The van der Waals surface area contributed by atoms with Crippen molar-refractivity contribution in [1.29, 1.82) is 0 Å². The summed E-state index contributed by atoms with van der Waals surface area (Å²) in [5, 5.41) is 20.4. The van der Waals surface area contributed by atoms with Gasteiger partial charge in [-0.25, -0.2) is 0 Å².